The summed E-state index contributed by atoms with van der Waals surface area (Å²) >= 11 is 1.45. The molecular weight excluding hydrogens is 386 g/mol. The maximum Gasteiger partial charge on any atom is 0.246 e. The van der Waals surface area contributed by atoms with E-state index in [2.05, 4.69) is 0 Å². The second-order valence-electron chi connectivity index (χ2n) is 6.43. The van der Waals surface area contributed by atoms with Gasteiger partial charge in [-0.15, -0.1) is 11.3 Å². The fourth-order valence-corrected chi connectivity index (χ4v) is 6.25. The molecule has 0 N–H and O–H groups in total. The zero-order chi connectivity index (χ0) is 18.9. The van der Waals surface area contributed by atoms with Gasteiger partial charge in [0.2, 0.25) is 12.7 Å². The van der Waals surface area contributed by atoms with Crippen LogP contribution in [-0.4, -0.2) is 44.9 Å². The molecule has 0 spiro atoms. The molecule has 2 aliphatic rings. The van der Waals surface area contributed by atoms with Gasteiger partial charge in [0.1, 0.15) is 0 Å². The van der Waals surface area contributed by atoms with Crippen molar-refractivity contribution in [1.82, 2.24) is 4.90 Å². The number of rotatable bonds is 3. The van der Waals surface area contributed by atoms with Crippen LogP contribution in [0.2, 0.25) is 0 Å². The molecule has 2 aromatic rings. The van der Waals surface area contributed by atoms with Gasteiger partial charge in [0.05, 0.1) is 11.0 Å². The number of sulfone groups is 1. The summed E-state index contributed by atoms with van der Waals surface area (Å²) in [6, 6.07) is 9.17. The van der Waals surface area contributed by atoms with Crippen LogP contribution in [0.15, 0.2) is 41.8 Å². The van der Waals surface area contributed by atoms with Gasteiger partial charge >= 0.3 is 0 Å². The van der Waals surface area contributed by atoms with E-state index >= 15 is 0 Å². The van der Waals surface area contributed by atoms with Gasteiger partial charge < -0.3 is 14.4 Å². The maximum absolute atomic E-state index is 12.6. The first kappa shape index (κ1) is 18.1. The molecule has 0 saturated carbocycles. The van der Waals surface area contributed by atoms with Crippen LogP contribution in [0.5, 0.6) is 11.5 Å². The lowest BCUT2D eigenvalue weighted by Crippen LogP contribution is -2.32. The Balaban J connectivity index is 1.45. The van der Waals surface area contributed by atoms with Gasteiger partial charge in [-0.05, 0) is 41.6 Å². The summed E-state index contributed by atoms with van der Waals surface area (Å²) in [4.78, 5) is 15.0. The van der Waals surface area contributed by atoms with E-state index in [1.165, 1.54) is 17.4 Å². The molecule has 1 saturated heterocycles. The topological polar surface area (TPSA) is 72.9 Å². The Morgan fingerprint density at radius 2 is 2.04 bits per heavy atom. The molecule has 3 heterocycles. The number of amides is 1. The molecule has 1 aromatic heterocycles. The largest absolute Gasteiger partial charge is 0.454 e. The number of ether oxygens (including phenoxy) is 2. The Bertz CT molecular complexity index is 966. The van der Waals surface area contributed by atoms with Crippen molar-refractivity contribution in [2.24, 2.45) is 0 Å². The van der Waals surface area contributed by atoms with E-state index in [0.29, 0.717) is 24.5 Å². The second kappa shape index (κ2) is 7.36. The quantitative estimate of drug-likeness (QED) is 0.734. The number of hydrogen-bond acceptors (Lipinski definition) is 6. The molecule has 0 bridgehead atoms. The highest BCUT2D eigenvalue weighted by Gasteiger charge is 2.32. The predicted octanol–water partition coefficient (Wildman–Crippen LogP) is 2.88. The highest BCUT2D eigenvalue weighted by molar-refractivity contribution is 7.91. The summed E-state index contributed by atoms with van der Waals surface area (Å²) in [5.41, 5.74) is 0.825. The lowest BCUT2D eigenvalue weighted by atomic mass is 10.2. The van der Waals surface area contributed by atoms with Gasteiger partial charge in [-0.3, -0.25) is 4.79 Å². The van der Waals surface area contributed by atoms with Crippen molar-refractivity contribution < 1.29 is 22.7 Å². The van der Waals surface area contributed by atoms with E-state index < -0.39 is 15.1 Å². The van der Waals surface area contributed by atoms with E-state index in [1.54, 1.807) is 17.0 Å². The molecule has 1 fully saturated rings. The Kier molecular flexibility index (Phi) is 4.92. The predicted molar refractivity (Wildman–Crippen MR) is 104 cm³/mol. The molecule has 1 atom stereocenters. The SMILES string of the molecule is O=C(/C=C/c1ccc2c(c1)OCO2)N1CC[C@H](c2cccs2)S(=O)(=O)CC1. The number of thiophene rings is 1. The van der Waals surface area contributed by atoms with E-state index in [1.807, 2.05) is 29.6 Å². The van der Waals surface area contributed by atoms with Crippen molar-refractivity contribution in [2.75, 3.05) is 25.6 Å². The van der Waals surface area contributed by atoms with E-state index in [-0.39, 0.29) is 25.0 Å². The monoisotopic (exact) mass is 405 g/mol. The molecule has 1 aromatic carbocycles. The van der Waals surface area contributed by atoms with Gasteiger partial charge in [0.25, 0.3) is 0 Å². The van der Waals surface area contributed by atoms with Crippen LogP contribution in [0.1, 0.15) is 22.1 Å². The Morgan fingerprint density at radius 3 is 2.85 bits per heavy atom. The zero-order valence-corrected chi connectivity index (χ0v) is 16.2. The Hall–Kier alpha value is -2.32. The first-order chi connectivity index (χ1) is 13.0. The highest BCUT2D eigenvalue weighted by atomic mass is 32.2. The maximum atomic E-state index is 12.6. The molecule has 142 valence electrons. The molecule has 2 aliphatic heterocycles. The van der Waals surface area contributed by atoms with Crippen LogP contribution in [0.4, 0.5) is 0 Å². The van der Waals surface area contributed by atoms with Crippen LogP contribution >= 0.6 is 11.3 Å². The molecule has 0 radical (unpaired) electrons. The van der Waals surface area contributed by atoms with Gasteiger partial charge in [-0.1, -0.05) is 12.1 Å². The molecule has 0 aliphatic carbocycles. The summed E-state index contributed by atoms with van der Waals surface area (Å²) in [5.74, 6) is 1.15. The summed E-state index contributed by atoms with van der Waals surface area (Å²) in [6.07, 6.45) is 3.61. The molecular formula is C19H19NO5S2. The first-order valence-electron chi connectivity index (χ1n) is 8.64. The summed E-state index contributed by atoms with van der Waals surface area (Å²) in [7, 11) is -3.26. The molecule has 1 amide bonds. The summed E-state index contributed by atoms with van der Waals surface area (Å²) in [5, 5.41) is 1.36. The minimum atomic E-state index is -3.26. The van der Waals surface area contributed by atoms with E-state index in [4.69, 9.17) is 9.47 Å². The van der Waals surface area contributed by atoms with Crippen LogP contribution < -0.4 is 9.47 Å². The van der Waals surface area contributed by atoms with Gasteiger partial charge in [-0.2, -0.15) is 0 Å². The molecule has 27 heavy (non-hydrogen) atoms. The smallest absolute Gasteiger partial charge is 0.246 e. The first-order valence-corrected chi connectivity index (χ1v) is 11.2. The Morgan fingerprint density at radius 1 is 1.19 bits per heavy atom. The molecule has 4 rings (SSSR count). The van der Waals surface area contributed by atoms with Crippen molar-refractivity contribution in [2.45, 2.75) is 11.7 Å². The lowest BCUT2D eigenvalue weighted by molar-refractivity contribution is -0.125. The molecule has 6 nitrogen and oxygen atoms in total. The third kappa shape index (κ3) is 3.86. The minimum absolute atomic E-state index is 0.0147. The van der Waals surface area contributed by atoms with Crippen LogP contribution in [0, 0.1) is 0 Å². The number of hydrogen-bond donors (Lipinski definition) is 0. The summed E-state index contributed by atoms with van der Waals surface area (Å²) in [6.45, 7) is 0.843. The second-order valence-corrected chi connectivity index (χ2v) is 9.71. The van der Waals surface area contributed by atoms with E-state index in [0.717, 1.165) is 10.4 Å². The van der Waals surface area contributed by atoms with Crippen molar-refractivity contribution in [3.63, 3.8) is 0 Å². The van der Waals surface area contributed by atoms with Crippen molar-refractivity contribution in [3.8, 4) is 11.5 Å². The number of benzene rings is 1. The van der Waals surface area contributed by atoms with Crippen molar-refractivity contribution in [1.29, 1.82) is 0 Å². The Labute approximate surface area is 161 Å². The number of carbonyl (C=O) groups is 1. The number of nitrogens with zero attached hydrogens (tertiary/aromatic N) is 1. The molecule has 0 unspecified atom stereocenters. The average molecular weight is 405 g/mol. The fourth-order valence-electron chi connectivity index (χ4n) is 3.25. The van der Waals surface area contributed by atoms with Crippen molar-refractivity contribution in [3.05, 3.63) is 52.2 Å². The van der Waals surface area contributed by atoms with Crippen LogP contribution in [-0.2, 0) is 14.6 Å². The highest BCUT2D eigenvalue weighted by Crippen LogP contribution is 2.33. The van der Waals surface area contributed by atoms with Crippen LogP contribution in [0.3, 0.4) is 0 Å². The number of carbonyl (C=O) groups excluding carboxylic acids is 1. The van der Waals surface area contributed by atoms with Crippen molar-refractivity contribution >= 4 is 33.2 Å². The van der Waals surface area contributed by atoms with Gasteiger partial charge in [0.15, 0.2) is 21.3 Å². The minimum Gasteiger partial charge on any atom is -0.454 e. The van der Waals surface area contributed by atoms with Gasteiger partial charge in [0, 0.05) is 24.0 Å². The van der Waals surface area contributed by atoms with E-state index in [9.17, 15) is 13.2 Å². The summed E-state index contributed by atoms with van der Waals surface area (Å²) < 4.78 is 35.8. The third-order valence-electron chi connectivity index (χ3n) is 4.73. The van der Waals surface area contributed by atoms with Crippen LogP contribution in [0.25, 0.3) is 6.08 Å². The zero-order valence-electron chi connectivity index (χ0n) is 14.5. The third-order valence-corrected chi connectivity index (χ3v) is 7.97. The normalized spacial score (nSPS) is 21.3. The fraction of sp³-hybridized carbons (Fsp3) is 0.316. The van der Waals surface area contributed by atoms with Gasteiger partial charge in [-0.25, -0.2) is 8.42 Å². The standard InChI is InChI=1S/C19H19NO5S2/c21-19(6-4-14-3-5-15-16(12-14)25-13-24-15)20-8-7-18(17-2-1-10-26-17)27(22,23)11-9-20/h1-6,10,12,18H,7-9,11,13H2/b6-4+/t18-/m1/s1. The lowest BCUT2D eigenvalue weighted by Gasteiger charge is -2.17. The average Bonchev–Trinajstić information content (AvgIpc) is 3.30. The number of fused-ring (bicyclic) bond motifs is 1. The molecule has 8 heteroatoms.